The number of amides is 1. The van der Waals surface area contributed by atoms with Gasteiger partial charge in [0.2, 0.25) is 5.91 Å². The largest absolute Gasteiger partial charge is 0.394 e. The SMILES string of the molecule is CCCCCCC/C=C\C/C=C\CCCCCCCCCCCC(=O)NC(COC1OC(CO)C(O)C(O)C1O)C(O)/C=C/CCCCCCCCCCCCCCCCCCCCCCCCCCCCC. The Morgan fingerprint density at radius 3 is 1.18 bits per heavy atom. The first-order valence-corrected chi connectivity index (χ1v) is 31.7. The van der Waals surface area contributed by atoms with Crippen molar-refractivity contribution < 1.29 is 39.8 Å². The lowest BCUT2D eigenvalue weighted by molar-refractivity contribution is -0.302. The van der Waals surface area contributed by atoms with Gasteiger partial charge >= 0.3 is 0 Å². The van der Waals surface area contributed by atoms with Crippen molar-refractivity contribution in [3.8, 4) is 0 Å². The summed E-state index contributed by atoms with van der Waals surface area (Å²) in [6, 6.07) is -0.808. The number of ether oxygens (including phenoxy) is 2. The van der Waals surface area contributed by atoms with Gasteiger partial charge < -0.3 is 40.3 Å². The maximum Gasteiger partial charge on any atom is 0.220 e. The Labute approximate surface area is 451 Å². The van der Waals surface area contributed by atoms with Crippen LogP contribution in [0.5, 0.6) is 0 Å². The standard InChI is InChI=1S/C64H121NO8/c1-3-5-7-9-11-13-15-17-19-21-23-25-26-27-28-29-30-31-32-34-35-37-39-41-43-45-47-49-51-53-58(67)57(56-72-64-63(71)62(70)61(69)59(55-66)73-64)65-60(68)54-52-50-48-46-44-42-40-38-36-33-24-22-20-18-16-14-12-10-8-6-4-2/h16,18,22,24,51,53,57-59,61-64,66-67,69-71H,3-15,17,19-21,23,25-50,52,54-56H2,1-2H3,(H,65,68)/b18-16-,24-22-,53-51+. The van der Waals surface area contributed by atoms with Gasteiger partial charge in [-0.2, -0.15) is 0 Å². The highest BCUT2D eigenvalue weighted by Gasteiger charge is 2.44. The van der Waals surface area contributed by atoms with E-state index in [0.717, 1.165) is 44.9 Å². The Hall–Kier alpha value is -1.59. The third-order valence-corrected chi connectivity index (χ3v) is 15.2. The zero-order chi connectivity index (χ0) is 52.9. The van der Waals surface area contributed by atoms with Crippen molar-refractivity contribution in [2.75, 3.05) is 13.2 Å². The number of unbranched alkanes of at least 4 members (excludes halogenated alkanes) is 41. The molecule has 1 aliphatic rings. The second kappa shape index (κ2) is 53.8. The topological polar surface area (TPSA) is 149 Å². The number of carbonyl (C=O) groups excluding carboxylic acids is 1. The van der Waals surface area contributed by atoms with Crippen LogP contribution in [-0.2, 0) is 14.3 Å². The molecule has 0 aliphatic carbocycles. The molecule has 9 heteroatoms. The highest BCUT2D eigenvalue weighted by Crippen LogP contribution is 2.23. The third-order valence-electron chi connectivity index (χ3n) is 15.2. The van der Waals surface area contributed by atoms with Gasteiger partial charge in [-0.25, -0.2) is 0 Å². The Balaban J connectivity index is 2.18. The van der Waals surface area contributed by atoms with Crippen LogP contribution in [0.4, 0.5) is 0 Å². The minimum atomic E-state index is -1.57. The Bertz CT molecular complexity index is 1240. The summed E-state index contributed by atoms with van der Waals surface area (Å²) in [6.45, 7) is 3.80. The minimum Gasteiger partial charge on any atom is -0.394 e. The van der Waals surface area contributed by atoms with Gasteiger partial charge in [0.25, 0.3) is 0 Å². The molecule has 0 bridgehead atoms. The van der Waals surface area contributed by atoms with Crippen molar-refractivity contribution in [2.24, 2.45) is 0 Å². The molecule has 1 amide bonds. The Morgan fingerprint density at radius 1 is 0.466 bits per heavy atom. The number of hydrogen-bond acceptors (Lipinski definition) is 8. The zero-order valence-corrected chi connectivity index (χ0v) is 47.9. The summed E-state index contributed by atoms with van der Waals surface area (Å²) in [6.07, 6.45) is 63.7. The van der Waals surface area contributed by atoms with Crippen molar-refractivity contribution >= 4 is 5.91 Å². The third kappa shape index (κ3) is 43.1. The summed E-state index contributed by atoms with van der Waals surface area (Å²) in [5, 5.41) is 54.6. The van der Waals surface area contributed by atoms with Crippen LogP contribution in [0.25, 0.3) is 0 Å². The summed E-state index contributed by atoms with van der Waals surface area (Å²) >= 11 is 0. The van der Waals surface area contributed by atoms with E-state index in [1.165, 1.54) is 244 Å². The number of carbonyl (C=O) groups is 1. The van der Waals surface area contributed by atoms with E-state index in [1.807, 2.05) is 6.08 Å². The summed E-state index contributed by atoms with van der Waals surface area (Å²) in [5.41, 5.74) is 0. The molecule has 1 rings (SSSR count). The van der Waals surface area contributed by atoms with Crippen LogP contribution in [0.2, 0.25) is 0 Å². The molecule has 7 atom stereocenters. The summed E-state index contributed by atoms with van der Waals surface area (Å²) < 4.78 is 11.3. The predicted octanol–water partition coefficient (Wildman–Crippen LogP) is 16.3. The highest BCUT2D eigenvalue weighted by molar-refractivity contribution is 5.76. The molecule has 6 N–H and O–H groups in total. The molecular weight excluding hydrogens is 911 g/mol. The van der Waals surface area contributed by atoms with Crippen LogP contribution in [0, 0.1) is 0 Å². The monoisotopic (exact) mass is 1030 g/mol. The van der Waals surface area contributed by atoms with Gasteiger partial charge in [-0.15, -0.1) is 0 Å². The number of aliphatic hydroxyl groups excluding tert-OH is 5. The van der Waals surface area contributed by atoms with E-state index in [2.05, 4.69) is 43.5 Å². The zero-order valence-electron chi connectivity index (χ0n) is 47.9. The van der Waals surface area contributed by atoms with E-state index in [-0.39, 0.29) is 12.5 Å². The maximum atomic E-state index is 13.1. The van der Waals surface area contributed by atoms with E-state index in [9.17, 15) is 30.3 Å². The number of rotatable bonds is 55. The summed E-state index contributed by atoms with van der Waals surface area (Å²) in [5.74, 6) is -0.177. The molecule has 0 aromatic carbocycles. The van der Waals surface area contributed by atoms with Crippen LogP contribution >= 0.6 is 0 Å². The molecule has 0 aromatic heterocycles. The molecular formula is C64H121NO8. The van der Waals surface area contributed by atoms with Gasteiger partial charge in [-0.1, -0.05) is 288 Å². The van der Waals surface area contributed by atoms with Crippen molar-refractivity contribution in [2.45, 2.75) is 352 Å². The van der Waals surface area contributed by atoms with Crippen molar-refractivity contribution in [1.82, 2.24) is 5.32 Å². The minimum absolute atomic E-state index is 0.177. The van der Waals surface area contributed by atoms with E-state index < -0.39 is 49.5 Å². The normalized spacial score (nSPS) is 19.2. The van der Waals surface area contributed by atoms with Crippen molar-refractivity contribution in [3.63, 3.8) is 0 Å². The van der Waals surface area contributed by atoms with E-state index in [0.29, 0.717) is 6.42 Å². The molecule has 0 saturated carbocycles. The second-order valence-corrected chi connectivity index (χ2v) is 22.2. The van der Waals surface area contributed by atoms with Crippen molar-refractivity contribution in [1.29, 1.82) is 0 Å². The number of aliphatic hydroxyl groups is 5. The average molecular weight is 1030 g/mol. The Morgan fingerprint density at radius 2 is 0.808 bits per heavy atom. The smallest absolute Gasteiger partial charge is 0.220 e. The first-order valence-electron chi connectivity index (χ1n) is 31.7. The first kappa shape index (κ1) is 69.4. The van der Waals surface area contributed by atoms with Crippen LogP contribution in [0.3, 0.4) is 0 Å². The fourth-order valence-electron chi connectivity index (χ4n) is 10.2. The molecule has 430 valence electrons. The van der Waals surface area contributed by atoms with Gasteiger partial charge in [-0.3, -0.25) is 4.79 Å². The predicted molar refractivity (Wildman–Crippen MR) is 309 cm³/mol. The molecule has 0 aromatic rings. The van der Waals surface area contributed by atoms with Gasteiger partial charge in [0, 0.05) is 6.42 Å². The lowest BCUT2D eigenvalue weighted by Gasteiger charge is -2.40. The molecule has 1 heterocycles. The highest BCUT2D eigenvalue weighted by atomic mass is 16.7. The van der Waals surface area contributed by atoms with Crippen molar-refractivity contribution in [3.05, 3.63) is 36.5 Å². The molecule has 9 nitrogen and oxygen atoms in total. The van der Waals surface area contributed by atoms with Crippen LogP contribution in [-0.4, -0.2) is 87.5 Å². The van der Waals surface area contributed by atoms with Gasteiger partial charge in [-0.05, 0) is 51.4 Å². The van der Waals surface area contributed by atoms with E-state index in [4.69, 9.17) is 9.47 Å². The molecule has 0 spiro atoms. The molecule has 1 aliphatic heterocycles. The van der Waals surface area contributed by atoms with Gasteiger partial charge in [0.1, 0.15) is 24.4 Å². The number of allylic oxidation sites excluding steroid dienone is 5. The summed E-state index contributed by atoms with van der Waals surface area (Å²) in [4.78, 5) is 13.1. The number of hydrogen-bond donors (Lipinski definition) is 6. The van der Waals surface area contributed by atoms with E-state index >= 15 is 0 Å². The molecule has 73 heavy (non-hydrogen) atoms. The maximum absolute atomic E-state index is 13.1. The lowest BCUT2D eigenvalue weighted by Crippen LogP contribution is -2.60. The molecule has 7 unspecified atom stereocenters. The summed E-state index contributed by atoms with van der Waals surface area (Å²) in [7, 11) is 0. The van der Waals surface area contributed by atoms with E-state index in [1.54, 1.807) is 6.08 Å². The molecule has 0 radical (unpaired) electrons. The number of nitrogens with one attached hydrogen (secondary N) is 1. The molecule has 1 saturated heterocycles. The van der Waals surface area contributed by atoms with Crippen LogP contribution in [0.1, 0.15) is 309 Å². The Kier molecular flexibility index (Phi) is 51.2. The quantitative estimate of drug-likeness (QED) is 0.0261. The van der Waals surface area contributed by atoms with Crippen LogP contribution < -0.4 is 5.32 Å². The molecule has 1 fully saturated rings. The first-order chi connectivity index (χ1) is 35.8. The lowest BCUT2D eigenvalue weighted by atomic mass is 9.99. The second-order valence-electron chi connectivity index (χ2n) is 22.2. The average Bonchev–Trinajstić information content (AvgIpc) is 3.39. The van der Waals surface area contributed by atoms with Crippen LogP contribution in [0.15, 0.2) is 36.5 Å². The van der Waals surface area contributed by atoms with Gasteiger partial charge in [0.15, 0.2) is 6.29 Å². The fraction of sp³-hybridized carbons (Fsp3) is 0.891. The fourth-order valence-corrected chi connectivity index (χ4v) is 10.2. The van der Waals surface area contributed by atoms with Gasteiger partial charge in [0.05, 0.1) is 25.4 Å².